The number of pyridine rings is 1. The van der Waals surface area contributed by atoms with Crippen molar-refractivity contribution in [1.29, 1.82) is 0 Å². The quantitative estimate of drug-likeness (QED) is 0.710. The largest absolute Gasteiger partial charge is 0.493 e. The van der Waals surface area contributed by atoms with Gasteiger partial charge in [-0.15, -0.1) is 0 Å². The van der Waals surface area contributed by atoms with Crippen LogP contribution in [-0.4, -0.2) is 41.0 Å². The Kier molecular flexibility index (Phi) is 5.07. The highest BCUT2D eigenvalue weighted by atomic mass is 16.6. The Hall–Kier alpha value is -3.55. The Labute approximate surface area is 174 Å². The molecule has 8 heteroatoms. The molecule has 0 unspecified atom stereocenters. The summed E-state index contributed by atoms with van der Waals surface area (Å²) in [4.78, 5) is 17.4. The molecule has 1 aliphatic rings. The lowest BCUT2D eigenvalue weighted by molar-refractivity contribution is 0.102. The lowest BCUT2D eigenvalue weighted by atomic mass is 9.92. The molecule has 3 heterocycles. The van der Waals surface area contributed by atoms with Crippen molar-refractivity contribution < 1.29 is 19.0 Å². The third kappa shape index (κ3) is 3.80. The average molecular weight is 408 g/mol. The summed E-state index contributed by atoms with van der Waals surface area (Å²) in [6, 6.07) is 10.7. The number of aromatic nitrogens is 3. The number of rotatable bonds is 4. The first-order chi connectivity index (χ1) is 14.4. The molecule has 0 radical (unpaired) electrons. The predicted octanol–water partition coefficient (Wildman–Crippen LogP) is 3.60. The van der Waals surface area contributed by atoms with Crippen LogP contribution in [0.2, 0.25) is 0 Å². The summed E-state index contributed by atoms with van der Waals surface area (Å²) in [7, 11) is 1.53. The van der Waals surface area contributed by atoms with Gasteiger partial charge in [0.25, 0.3) is 5.91 Å². The fraction of sp³-hybridized carbons (Fsp3) is 0.318. The van der Waals surface area contributed by atoms with Gasteiger partial charge in [-0.05, 0) is 24.3 Å². The number of carbonyl (C=O) groups is 1. The van der Waals surface area contributed by atoms with Crippen molar-refractivity contribution in [3.8, 4) is 23.1 Å². The van der Waals surface area contributed by atoms with E-state index in [0.29, 0.717) is 47.7 Å². The number of nitrogens with zero attached hydrogens (tertiary/aromatic N) is 3. The molecule has 0 spiro atoms. The summed E-state index contributed by atoms with van der Waals surface area (Å²) in [5.74, 6) is 2.27. The minimum absolute atomic E-state index is 0.195. The summed E-state index contributed by atoms with van der Waals surface area (Å²) in [6.45, 7) is 7.05. The molecule has 0 fully saturated rings. The number of ether oxygens (including phenoxy) is 3. The van der Waals surface area contributed by atoms with E-state index in [9.17, 15) is 4.79 Å². The van der Waals surface area contributed by atoms with Crippen molar-refractivity contribution >= 4 is 11.7 Å². The topological polar surface area (TPSA) is 87.5 Å². The zero-order chi connectivity index (χ0) is 21.3. The van der Waals surface area contributed by atoms with Crippen molar-refractivity contribution in [2.75, 3.05) is 25.6 Å². The van der Waals surface area contributed by atoms with Gasteiger partial charge in [-0.2, -0.15) is 9.78 Å². The van der Waals surface area contributed by atoms with E-state index in [-0.39, 0.29) is 11.3 Å². The molecule has 156 valence electrons. The summed E-state index contributed by atoms with van der Waals surface area (Å²) in [6.07, 6.45) is 1.69. The standard InChI is InChI=1S/C22H24N4O4/c1-22(2,3)17-13-19(26(25-17)18-7-5-6-8-23-18)24-21(27)14-11-15(28-4)20-16(12-14)29-9-10-30-20/h5-8,11-13H,9-10H2,1-4H3,(H,24,27). The molecule has 30 heavy (non-hydrogen) atoms. The van der Waals surface area contributed by atoms with Crippen LogP contribution in [0.3, 0.4) is 0 Å². The van der Waals surface area contributed by atoms with E-state index in [1.165, 1.54) is 7.11 Å². The van der Waals surface area contributed by atoms with Crippen molar-refractivity contribution in [2.45, 2.75) is 26.2 Å². The molecule has 1 N–H and O–H groups in total. The van der Waals surface area contributed by atoms with E-state index in [0.717, 1.165) is 5.69 Å². The Bertz CT molecular complexity index is 1050. The summed E-state index contributed by atoms with van der Waals surface area (Å²) in [5, 5.41) is 7.62. The van der Waals surface area contributed by atoms with Crippen LogP contribution in [0.1, 0.15) is 36.8 Å². The van der Waals surface area contributed by atoms with Gasteiger partial charge in [0.05, 0.1) is 12.8 Å². The van der Waals surface area contributed by atoms with Crippen molar-refractivity contribution in [3.05, 3.63) is 53.9 Å². The molecule has 3 aromatic rings. The summed E-state index contributed by atoms with van der Waals surface area (Å²) >= 11 is 0. The van der Waals surface area contributed by atoms with Gasteiger partial charge in [0.1, 0.15) is 19.0 Å². The molecule has 1 aromatic carbocycles. The fourth-order valence-electron chi connectivity index (χ4n) is 3.08. The van der Waals surface area contributed by atoms with Gasteiger partial charge in [0, 0.05) is 23.2 Å². The number of nitrogens with one attached hydrogen (secondary N) is 1. The molecule has 4 rings (SSSR count). The van der Waals surface area contributed by atoms with Crippen molar-refractivity contribution in [1.82, 2.24) is 14.8 Å². The van der Waals surface area contributed by atoms with Crippen LogP contribution in [0.25, 0.3) is 5.82 Å². The summed E-state index contributed by atoms with van der Waals surface area (Å²) in [5.41, 5.74) is 1.03. The number of hydrogen-bond acceptors (Lipinski definition) is 6. The second-order valence-corrected chi connectivity index (χ2v) is 7.92. The van der Waals surface area contributed by atoms with Crippen LogP contribution in [0.4, 0.5) is 5.82 Å². The molecule has 0 atom stereocenters. The van der Waals surface area contributed by atoms with Gasteiger partial charge in [0.2, 0.25) is 5.75 Å². The number of carbonyl (C=O) groups excluding carboxylic acids is 1. The number of amides is 1. The van der Waals surface area contributed by atoms with Crippen LogP contribution in [0, 0.1) is 0 Å². The van der Waals surface area contributed by atoms with Crippen molar-refractivity contribution in [2.24, 2.45) is 0 Å². The lowest BCUT2D eigenvalue weighted by Gasteiger charge is -2.21. The van der Waals surface area contributed by atoms with E-state index in [4.69, 9.17) is 14.2 Å². The van der Waals surface area contributed by atoms with Crippen molar-refractivity contribution in [3.63, 3.8) is 0 Å². The first-order valence-electron chi connectivity index (χ1n) is 9.68. The molecule has 1 amide bonds. The second-order valence-electron chi connectivity index (χ2n) is 7.92. The van der Waals surface area contributed by atoms with E-state index < -0.39 is 0 Å². The molecular weight excluding hydrogens is 384 g/mol. The highest BCUT2D eigenvalue weighted by Gasteiger charge is 2.24. The van der Waals surface area contributed by atoms with Crippen LogP contribution in [0.15, 0.2) is 42.6 Å². The first kappa shape index (κ1) is 19.8. The third-order valence-corrected chi connectivity index (χ3v) is 4.68. The second kappa shape index (κ2) is 7.70. The van der Waals surface area contributed by atoms with Crippen LogP contribution in [-0.2, 0) is 5.41 Å². The minimum Gasteiger partial charge on any atom is -0.493 e. The molecule has 2 aromatic heterocycles. The normalized spacial score (nSPS) is 13.1. The maximum atomic E-state index is 13.1. The number of anilines is 1. The lowest BCUT2D eigenvalue weighted by Crippen LogP contribution is -2.19. The van der Waals surface area contributed by atoms with Gasteiger partial charge in [0.15, 0.2) is 17.3 Å². The number of benzene rings is 1. The molecular formula is C22H24N4O4. The zero-order valence-electron chi connectivity index (χ0n) is 17.4. The Morgan fingerprint density at radius 2 is 1.97 bits per heavy atom. The Balaban J connectivity index is 1.70. The monoisotopic (exact) mass is 408 g/mol. The Morgan fingerprint density at radius 1 is 1.17 bits per heavy atom. The highest BCUT2D eigenvalue weighted by molar-refractivity contribution is 6.04. The van der Waals surface area contributed by atoms with E-state index in [1.54, 1.807) is 23.0 Å². The molecule has 0 saturated carbocycles. The zero-order valence-corrected chi connectivity index (χ0v) is 17.4. The minimum atomic E-state index is -0.317. The number of methoxy groups -OCH3 is 1. The molecule has 0 saturated heterocycles. The van der Waals surface area contributed by atoms with E-state index in [2.05, 4.69) is 36.2 Å². The highest BCUT2D eigenvalue weighted by Crippen LogP contribution is 2.40. The number of hydrogen-bond donors (Lipinski definition) is 1. The molecule has 1 aliphatic heterocycles. The van der Waals surface area contributed by atoms with Crippen LogP contribution in [0.5, 0.6) is 17.2 Å². The van der Waals surface area contributed by atoms with Crippen LogP contribution >= 0.6 is 0 Å². The van der Waals surface area contributed by atoms with Gasteiger partial charge in [-0.1, -0.05) is 26.8 Å². The maximum absolute atomic E-state index is 13.1. The molecule has 8 nitrogen and oxygen atoms in total. The van der Waals surface area contributed by atoms with Gasteiger partial charge < -0.3 is 19.5 Å². The van der Waals surface area contributed by atoms with Gasteiger partial charge in [-0.25, -0.2) is 4.98 Å². The van der Waals surface area contributed by atoms with Gasteiger partial charge >= 0.3 is 0 Å². The van der Waals surface area contributed by atoms with E-state index in [1.807, 2.05) is 24.3 Å². The molecule has 0 aliphatic carbocycles. The smallest absolute Gasteiger partial charge is 0.257 e. The Morgan fingerprint density at radius 3 is 2.67 bits per heavy atom. The fourth-order valence-corrected chi connectivity index (χ4v) is 3.08. The van der Waals surface area contributed by atoms with Gasteiger partial charge in [-0.3, -0.25) is 4.79 Å². The first-order valence-corrected chi connectivity index (χ1v) is 9.68. The number of fused-ring (bicyclic) bond motifs is 1. The molecule has 0 bridgehead atoms. The maximum Gasteiger partial charge on any atom is 0.257 e. The van der Waals surface area contributed by atoms with E-state index >= 15 is 0 Å². The third-order valence-electron chi connectivity index (χ3n) is 4.68. The average Bonchev–Trinajstić information content (AvgIpc) is 3.17. The van der Waals surface area contributed by atoms with Crippen LogP contribution < -0.4 is 19.5 Å². The summed E-state index contributed by atoms with van der Waals surface area (Å²) < 4.78 is 18.3. The SMILES string of the molecule is COc1cc(C(=O)Nc2cc(C(C)(C)C)nn2-c2ccccn2)cc2c1OCCO2. The predicted molar refractivity (Wildman–Crippen MR) is 112 cm³/mol.